The monoisotopic (exact) mass is 445 g/mol. The lowest BCUT2D eigenvalue weighted by Crippen LogP contribution is -2.30. The Hall–Kier alpha value is -4.46. The number of hydrogen-bond donors (Lipinski definition) is 2. The number of nitrogens with one attached hydrogen (secondary N) is 2. The van der Waals surface area contributed by atoms with E-state index in [4.69, 9.17) is 4.74 Å². The highest BCUT2D eigenvalue weighted by atomic mass is 16.6. The molecule has 3 rings (SSSR count). The molecule has 0 aromatic heterocycles. The average Bonchev–Trinajstić information content (AvgIpc) is 2.80. The zero-order chi connectivity index (χ0) is 23.8. The van der Waals surface area contributed by atoms with Crippen molar-refractivity contribution in [3.63, 3.8) is 0 Å². The van der Waals surface area contributed by atoms with E-state index in [1.54, 1.807) is 60.7 Å². The van der Waals surface area contributed by atoms with Crippen molar-refractivity contribution in [2.45, 2.75) is 20.0 Å². The molecule has 0 bridgehead atoms. The lowest BCUT2D eigenvalue weighted by atomic mass is 10.1. The van der Waals surface area contributed by atoms with Crippen LogP contribution in [0, 0.1) is 10.1 Å². The molecule has 0 atom stereocenters. The Balaban J connectivity index is 1.85. The molecule has 0 aliphatic carbocycles. The normalized spacial score (nSPS) is 11.1. The molecule has 0 saturated carbocycles. The molecule has 2 N–H and O–H groups in total. The molecule has 8 heteroatoms. The van der Waals surface area contributed by atoms with Gasteiger partial charge in [0.05, 0.1) is 11.0 Å². The number of rotatable bonds is 8. The maximum absolute atomic E-state index is 13.0. The van der Waals surface area contributed by atoms with Gasteiger partial charge in [0.2, 0.25) is 0 Å². The van der Waals surface area contributed by atoms with E-state index in [1.165, 1.54) is 24.3 Å². The standard InChI is InChI=1S/C25H23N3O5/c1-17(2)33-22-14-8-18(9-15-22)16-23(27-24(29)19-6-4-3-5-7-19)25(30)26-20-10-12-21(13-11-20)28(31)32/h3-17H,1-2H3,(H,26,30)(H,27,29). The largest absolute Gasteiger partial charge is 0.491 e. The summed E-state index contributed by atoms with van der Waals surface area (Å²) in [5.74, 6) is -0.330. The fourth-order valence-corrected chi connectivity index (χ4v) is 2.89. The summed E-state index contributed by atoms with van der Waals surface area (Å²) in [6.45, 7) is 3.85. The summed E-state index contributed by atoms with van der Waals surface area (Å²) in [7, 11) is 0. The zero-order valence-corrected chi connectivity index (χ0v) is 18.1. The van der Waals surface area contributed by atoms with Gasteiger partial charge in [-0.25, -0.2) is 0 Å². The van der Waals surface area contributed by atoms with Gasteiger partial charge in [-0.1, -0.05) is 30.3 Å². The molecule has 33 heavy (non-hydrogen) atoms. The number of ether oxygens (including phenoxy) is 1. The maximum atomic E-state index is 13.0. The van der Waals surface area contributed by atoms with Gasteiger partial charge in [0.1, 0.15) is 11.4 Å². The molecule has 0 aliphatic heterocycles. The third kappa shape index (κ3) is 6.76. The molecule has 0 aliphatic rings. The van der Waals surface area contributed by atoms with Crippen LogP contribution in [0.15, 0.2) is 84.6 Å². The molecule has 168 valence electrons. The van der Waals surface area contributed by atoms with E-state index >= 15 is 0 Å². The van der Waals surface area contributed by atoms with E-state index in [0.717, 1.165) is 0 Å². The third-order valence-corrected chi connectivity index (χ3v) is 4.43. The van der Waals surface area contributed by atoms with E-state index in [1.807, 2.05) is 13.8 Å². The molecule has 2 amide bonds. The van der Waals surface area contributed by atoms with Crippen molar-refractivity contribution < 1.29 is 19.2 Å². The fraction of sp³-hybridized carbons (Fsp3) is 0.120. The first-order valence-electron chi connectivity index (χ1n) is 10.2. The number of hydrogen-bond acceptors (Lipinski definition) is 5. The van der Waals surface area contributed by atoms with E-state index in [2.05, 4.69) is 10.6 Å². The molecule has 3 aromatic carbocycles. The number of nitrogens with zero attached hydrogens (tertiary/aromatic N) is 1. The summed E-state index contributed by atoms with van der Waals surface area (Å²) in [6, 6.07) is 21.0. The summed E-state index contributed by atoms with van der Waals surface area (Å²) in [6.07, 6.45) is 1.57. The molecular weight excluding hydrogens is 422 g/mol. The van der Waals surface area contributed by atoms with Crippen molar-refractivity contribution in [3.8, 4) is 5.75 Å². The number of non-ortho nitro benzene ring substituents is 1. The van der Waals surface area contributed by atoms with E-state index < -0.39 is 16.7 Å². The lowest BCUT2D eigenvalue weighted by Gasteiger charge is -2.12. The highest BCUT2D eigenvalue weighted by molar-refractivity contribution is 6.10. The second-order valence-corrected chi connectivity index (χ2v) is 7.37. The van der Waals surface area contributed by atoms with Gasteiger partial charge in [-0.05, 0) is 61.9 Å². The van der Waals surface area contributed by atoms with Crippen molar-refractivity contribution in [3.05, 3.63) is 106 Å². The Morgan fingerprint density at radius 1 is 0.939 bits per heavy atom. The first-order valence-corrected chi connectivity index (χ1v) is 10.2. The number of nitro groups is 1. The van der Waals surface area contributed by atoms with Crippen molar-refractivity contribution in [1.29, 1.82) is 0 Å². The Morgan fingerprint density at radius 3 is 2.15 bits per heavy atom. The van der Waals surface area contributed by atoms with Crippen LogP contribution in [0.3, 0.4) is 0 Å². The maximum Gasteiger partial charge on any atom is 0.272 e. The quantitative estimate of drug-likeness (QED) is 0.294. The number of amides is 2. The Labute approximate surface area is 191 Å². The number of carbonyl (C=O) groups excluding carboxylic acids is 2. The summed E-state index contributed by atoms with van der Waals surface area (Å²) in [5, 5.41) is 16.1. The number of nitro benzene ring substituents is 1. The smallest absolute Gasteiger partial charge is 0.272 e. The number of anilines is 1. The second kappa shape index (κ2) is 10.7. The van der Waals surface area contributed by atoms with Crippen LogP contribution in [0.25, 0.3) is 6.08 Å². The first-order chi connectivity index (χ1) is 15.8. The first kappa shape index (κ1) is 23.2. The predicted octanol–water partition coefficient (Wildman–Crippen LogP) is 4.79. The van der Waals surface area contributed by atoms with Gasteiger partial charge in [0, 0.05) is 23.4 Å². The topological polar surface area (TPSA) is 111 Å². The van der Waals surface area contributed by atoms with Gasteiger partial charge < -0.3 is 15.4 Å². The van der Waals surface area contributed by atoms with Crippen LogP contribution >= 0.6 is 0 Å². The number of carbonyl (C=O) groups is 2. The van der Waals surface area contributed by atoms with Crippen LogP contribution in [-0.4, -0.2) is 22.8 Å². The molecule has 0 saturated heterocycles. The van der Waals surface area contributed by atoms with Crippen molar-refractivity contribution in [1.82, 2.24) is 5.32 Å². The van der Waals surface area contributed by atoms with Crippen LogP contribution in [0.5, 0.6) is 5.75 Å². The highest BCUT2D eigenvalue weighted by Gasteiger charge is 2.16. The SMILES string of the molecule is CC(C)Oc1ccc(C=C(NC(=O)c2ccccc2)C(=O)Nc2ccc([N+](=O)[O-])cc2)cc1. The van der Waals surface area contributed by atoms with Crippen LogP contribution in [0.2, 0.25) is 0 Å². The van der Waals surface area contributed by atoms with Gasteiger partial charge in [0.25, 0.3) is 17.5 Å². The predicted molar refractivity (Wildman–Crippen MR) is 126 cm³/mol. The summed E-state index contributed by atoms with van der Waals surface area (Å²) in [4.78, 5) is 35.9. The van der Waals surface area contributed by atoms with E-state index in [-0.39, 0.29) is 17.5 Å². The molecule has 0 spiro atoms. The van der Waals surface area contributed by atoms with Crippen LogP contribution in [0.1, 0.15) is 29.8 Å². The lowest BCUT2D eigenvalue weighted by molar-refractivity contribution is -0.384. The molecular formula is C25H23N3O5. The van der Waals surface area contributed by atoms with E-state index in [0.29, 0.717) is 22.6 Å². The average molecular weight is 445 g/mol. The minimum Gasteiger partial charge on any atom is -0.491 e. The highest BCUT2D eigenvalue weighted by Crippen LogP contribution is 2.18. The van der Waals surface area contributed by atoms with Crippen molar-refractivity contribution >= 4 is 29.3 Å². The van der Waals surface area contributed by atoms with Crippen molar-refractivity contribution in [2.75, 3.05) is 5.32 Å². The van der Waals surface area contributed by atoms with Gasteiger partial charge >= 0.3 is 0 Å². The third-order valence-electron chi connectivity index (χ3n) is 4.43. The Kier molecular flexibility index (Phi) is 7.54. The van der Waals surface area contributed by atoms with Gasteiger partial charge in [-0.2, -0.15) is 0 Å². The molecule has 3 aromatic rings. The molecule has 0 radical (unpaired) electrons. The van der Waals surface area contributed by atoms with Gasteiger partial charge in [-0.3, -0.25) is 19.7 Å². The van der Waals surface area contributed by atoms with E-state index in [9.17, 15) is 19.7 Å². The van der Waals surface area contributed by atoms with Crippen LogP contribution < -0.4 is 15.4 Å². The zero-order valence-electron chi connectivity index (χ0n) is 18.1. The van der Waals surface area contributed by atoms with Crippen LogP contribution in [-0.2, 0) is 4.79 Å². The van der Waals surface area contributed by atoms with Gasteiger partial charge in [-0.15, -0.1) is 0 Å². The van der Waals surface area contributed by atoms with Gasteiger partial charge in [0.15, 0.2) is 0 Å². The second-order valence-electron chi connectivity index (χ2n) is 7.37. The minimum atomic E-state index is -0.573. The van der Waals surface area contributed by atoms with Crippen LogP contribution in [0.4, 0.5) is 11.4 Å². The Bertz CT molecular complexity index is 1150. The number of benzene rings is 3. The molecule has 0 heterocycles. The Morgan fingerprint density at radius 2 is 1.58 bits per heavy atom. The summed E-state index contributed by atoms with van der Waals surface area (Å²) < 4.78 is 5.63. The molecule has 0 fully saturated rings. The minimum absolute atomic E-state index is 0.0136. The summed E-state index contributed by atoms with van der Waals surface area (Å²) in [5.41, 5.74) is 1.34. The fourth-order valence-electron chi connectivity index (χ4n) is 2.89. The molecule has 0 unspecified atom stereocenters. The van der Waals surface area contributed by atoms with Crippen molar-refractivity contribution in [2.24, 2.45) is 0 Å². The molecule has 8 nitrogen and oxygen atoms in total. The summed E-state index contributed by atoms with van der Waals surface area (Å²) >= 11 is 0.